The van der Waals surface area contributed by atoms with Gasteiger partial charge in [-0.2, -0.15) is 13.5 Å². The van der Waals surface area contributed by atoms with Crippen LogP contribution >= 0.6 is 0 Å². The minimum absolute atomic E-state index is 0.0141. The zero-order chi connectivity index (χ0) is 25.2. The third-order valence-corrected chi connectivity index (χ3v) is 6.86. The Kier molecular flexibility index (Phi) is 6.99. The van der Waals surface area contributed by atoms with E-state index in [0.29, 0.717) is 29.4 Å². The van der Waals surface area contributed by atoms with Gasteiger partial charge >= 0.3 is 0 Å². The van der Waals surface area contributed by atoms with Gasteiger partial charge < -0.3 is 10.2 Å². The highest BCUT2D eigenvalue weighted by molar-refractivity contribution is 7.92. The lowest BCUT2D eigenvalue weighted by Gasteiger charge is -2.14. The quantitative estimate of drug-likeness (QED) is 0.323. The Bertz CT molecular complexity index is 1460. The molecule has 4 aromatic rings. The van der Waals surface area contributed by atoms with Crippen molar-refractivity contribution in [2.75, 3.05) is 37.2 Å². The van der Waals surface area contributed by atoms with Crippen molar-refractivity contribution < 1.29 is 8.42 Å². The van der Waals surface area contributed by atoms with Crippen LogP contribution in [0, 0.1) is 13.8 Å². The molecule has 0 radical (unpaired) electrons. The van der Waals surface area contributed by atoms with E-state index in [1.165, 1.54) is 6.20 Å². The Balaban J connectivity index is 1.69. The maximum absolute atomic E-state index is 12.9. The first-order valence-electron chi connectivity index (χ1n) is 11.4. The lowest BCUT2D eigenvalue weighted by atomic mass is 10.1. The van der Waals surface area contributed by atoms with Crippen LogP contribution in [0.4, 0.5) is 11.5 Å². The number of anilines is 2. The van der Waals surface area contributed by atoms with E-state index >= 15 is 0 Å². The van der Waals surface area contributed by atoms with E-state index in [0.717, 1.165) is 40.9 Å². The molecule has 3 heterocycles. The first kappa shape index (κ1) is 24.6. The van der Waals surface area contributed by atoms with Gasteiger partial charge in [0.05, 0.1) is 11.1 Å². The summed E-state index contributed by atoms with van der Waals surface area (Å²) in [6.07, 6.45) is 2.10. The number of pyridine rings is 1. The third kappa shape index (κ3) is 5.41. The summed E-state index contributed by atoms with van der Waals surface area (Å²) < 4.78 is 28.5. The Morgan fingerprint density at radius 1 is 1.09 bits per heavy atom. The number of benzene rings is 1. The van der Waals surface area contributed by atoms with Crippen LogP contribution in [0.3, 0.4) is 0 Å². The van der Waals surface area contributed by atoms with Crippen molar-refractivity contribution in [1.82, 2.24) is 30.0 Å². The van der Waals surface area contributed by atoms with Gasteiger partial charge in [0, 0.05) is 30.5 Å². The summed E-state index contributed by atoms with van der Waals surface area (Å²) in [5.41, 5.74) is 4.39. The van der Waals surface area contributed by atoms with Crippen molar-refractivity contribution in [2.24, 2.45) is 0 Å². The number of H-pyrrole nitrogens is 1. The van der Waals surface area contributed by atoms with Crippen molar-refractivity contribution in [3.8, 4) is 11.4 Å². The first-order chi connectivity index (χ1) is 16.7. The van der Waals surface area contributed by atoms with E-state index in [1.54, 1.807) is 18.2 Å². The third-order valence-electron chi connectivity index (χ3n) is 5.60. The number of fused-ring (bicyclic) bond motifs is 1. The molecule has 0 spiro atoms. The number of aromatic nitrogens is 5. The average Bonchev–Trinajstić information content (AvgIpc) is 3.19. The number of aromatic amines is 1. The van der Waals surface area contributed by atoms with Gasteiger partial charge in [-0.25, -0.2) is 15.0 Å². The molecule has 0 aliphatic heterocycles. The summed E-state index contributed by atoms with van der Waals surface area (Å²) >= 11 is 0. The molecule has 11 heteroatoms. The number of nitrogens with one attached hydrogen (secondary N) is 3. The van der Waals surface area contributed by atoms with Crippen LogP contribution < -0.4 is 10.0 Å². The molecule has 184 valence electrons. The van der Waals surface area contributed by atoms with E-state index in [4.69, 9.17) is 4.98 Å². The molecule has 0 unspecified atom stereocenters. The highest BCUT2D eigenvalue weighted by Gasteiger charge is 2.19. The number of sulfonamides is 1. The molecule has 3 N–H and O–H groups in total. The minimum atomic E-state index is -3.82. The van der Waals surface area contributed by atoms with Crippen LogP contribution in [-0.4, -0.2) is 65.7 Å². The number of rotatable bonds is 9. The number of aryl methyl sites for hydroxylation is 3. The predicted molar refractivity (Wildman–Crippen MR) is 138 cm³/mol. The zero-order valence-corrected chi connectivity index (χ0v) is 21.4. The summed E-state index contributed by atoms with van der Waals surface area (Å²) in [6, 6.07) is 8.76. The van der Waals surface area contributed by atoms with Gasteiger partial charge in [0.2, 0.25) is 0 Å². The summed E-state index contributed by atoms with van der Waals surface area (Å²) in [7, 11) is 0.217. The molecular formula is C24H30N8O2S. The van der Waals surface area contributed by atoms with Crippen LogP contribution in [0.25, 0.3) is 22.4 Å². The molecule has 0 aliphatic rings. The van der Waals surface area contributed by atoms with Gasteiger partial charge in [0.25, 0.3) is 10.0 Å². The van der Waals surface area contributed by atoms with Crippen LogP contribution in [0.15, 0.2) is 41.6 Å². The van der Waals surface area contributed by atoms with Gasteiger partial charge in [-0.05, 0) is 75.8 Å². The number of hydrogen-bond acceptors (Lipinski definition) is 8. The molecule has 4 rings (SSSR count). The lowest BCUT2D eigenvalue weighted by molar-refractivity contribution is 0.425. The second-order valence-corrected chi connectivity index (χ2v) is 10.3. The Labute approximate surface area is 205 Å². The predicted octanol–water partition coefficient (Wildman–Crippen LogP) is 3.37. The summed E-state index contributed by atoms with van der Waals surface area (Å²) in [5.74, 6) is 1.23. The Hall–Kier alpha value is -3.57. The van der Waals surface area contributed by atoms with Gasteiger partial charge in [-0.3, -0.25) is 9.82 Å². The molecule has 0 saturated heterocycles. The van der Waals surface area contributed by atoms with E-state index in [1.807, 2.05) is 47.0 Å². The van der Waals surface area contributed by atoms with Crippen molar-refractivity contribution >= 4 is 32.6 Å². The maximum atomic E-state index is 12.9. The van der Waals surface area contributed by atoms with Gasteiger partial charge in [0.1, 0.15) is 5.82 Å². The van der Waals surface area contributed by atoms with Gasteiger partial charge in [-0.1, -0.05) is 6.92 Å². The number of nitrogens with zero attached hydrogens (tertiary/aromatic N) is 5. The van der Waals surface area contributed by atoms with Crippen molar-refractivity contribution in [3.63, 3.8) is 0 Å². The largest absolute Gasteiger partial charge is 0.368 e. The topological polar surface area (TPSA) is 129 Å². The highest BCUT2D eigenvalue weighted by atomic mass is 32.2. The van der Waals surface area contributed by atoms with Gasteiger partial charge in [-0.15, -0.1) is 0 Å². The van der Waals surface area contributed by atoms with Crippen LogP contribution in [0.1, 0.15) is 23.7 Å². The Morgan fingerprint density at radius 2 is 1.89 bits per heavy atom. The van der Waals surface area contributed by atoms with E-state index in [2.05, 4.69) is 35.1 Å². The van der Waals surface area contributed by atoms with E-state index < -0.39 is 10.0 Å². The molecule has 0 saturated carbocycles. The monoisotopic (exact) mass is 494 g/mol. The molecule has 0 atom stereocenters. The molecule has 35 heavy (non-hydrogen) atoms. The second-order valence-electron chi connectivity index (χ2n) is 8.68. The van der Waals surface area contributed by atoms with Crippen LogP contribution in [0.5, 0.6) is 0 Å². The molecule has 0 amide bonds. The lowest BCUT2D eigenvalue weighted by Crippen LogP contribution is -2.21. The highest BCUT2D eigenvalue weighted by Crippen LogP contribution is 2.29. The first-order valence-corrected chi connectivity index (χ1v) is 12.9. The second kappa shape index (κ2) is 9.96. The van der Waals surface area contributed by atoms with Crippen LogP contribution in [-0.2, 0) is 16.4 Å². The maximum Gasteiger partial charge on any atom is 0.279 e. The van der Waals surface area contributed by atoms with Crippen molar-refractivity contribution in [3.05, 3.63) is 53.3 Å². The molecule has 0 fully saturated rings. The molecule has 10 nitrogen and oxygen atoms in total. The molecule has 3 aromatic heterocycles. The zero-order valence-electron chi connectivity index (χ0n) is 20.5. The number of likely N-dealkylation sites (N-methyl/N-ethyl adjacent to an activating group) is 1. The average molecular weight is 495 g/mol. The smallest absolute Gasteiger partial charge is 0.279 e. The molecule has 0 bridgehead atoms. The fourth-order valence-corrected chi connectivity index (χ4v) is 4.83. The van der Waals surface area contributed by atoms with E-state index in [9.17, 15) is 8.42 Å². The fourth-order valence-electron chi connectivity index (χ4n) is 3.70. The van der Waals surface area contributed by atoms with Crippen LogP contribution in [0.2, 0.25) is 0 Å². The molecular weight excluding hydrogens is 464 g/mol. The van der Waals surface area contributed by atoms with Crippen molar-refractivity contribution in [1.29, 1.82) is 0 Å². The SMILES string of the molecule is CCc1cc(-c2nc(NCCN(C)C)c3c(C)[nH]nc3n2)ccc1NS(=O)(=O)c1cc(C)ccn1. The standard InChI is InChI=1S/C24H30N8O2S/c1-6-17-14-18(7-8-19(17)31-35(33,34)20-13-15(2)9-10-25-20)22-27-23(26-11-12-32(4)5)21-16(3)29-30-24(21)28-22/h7-10,13-14,31H,6,11-12H2,1-5H3,(H2,26,27,28,29,30). The molecule has 0 aliphatic carbocycles. The number of hydrogen-bond donors (Lipinski definition) is 3. The fraction of sp³-hybridized carbons (Fsp3) is 0.333. The van der Waals surface area contributed by atoms with E-state index in [-0.39, 0.29) is 5.03 Å². The Morgan fingerprint density at radius 3 is 2.60 bits per heavy atom. The summed E-state index contributed by atoms with van der Waals surface area (Å²) in [5, 5.41) is 11.6. The molecule has 1 aromatic carbocycles. The van der Waals surface area contributed by atoms with Crippen molar-refractivity contribution in [2.45, 2.75) is 32.2 Å². The normalized spacial score (nSPS) is 11.8. The summed E-state index contributed by atoms with van der Waals surface area (Å²) in [4.78, 5) is 15.5. The van der Waals surface area contributed by atoms with Gasteiger partial charge in [0.15, 0.2) is 16.5 Å². The minimum Gasteiger partial charge on any atom is -0.368 e. The summed E-state index contributed by atoms with van der Waals surface area (Å²) in [6.45, 7) is 7.31.